The molecule has 0 saturated carbocycles. The van der Waals surface area contributed by atoms with Crippen LogP contribution in [-0.2, 0) is 0 Å². The molecule has 0 radical (unpaired) electrons. The van der Waals surface area contributed by atoms with Crippen molar-refractivity contribution >= 4 is 35.6 Å². The minimum absolute atomic E-state index is 0.255. The predicted molar refractivity (Wildman–Crippen MR) is 145 cm³/mol. The number of oxazole rings is 2. The first-order valence-electron chi connectivity index (χ1n) is 11.9. The Labute approximate surface area is 224 Å². The second-order valence-electron chi connectivity index (χ2n) is 8.27. The number of benzene rings is 2. The summed E-state index contributed by atoms with van der Waals surface area (Å²) in [7, 11) is 0. The summed E-state index contributed by atoms with van der Waals surface area (Å²) in [4.78, 5) is 17.2. The van der Waals surface area contributed by atoms with Crippen LogP contribution >= 0.6 is 23.2 Å². The standard InChI is InChI=1S/C27H26Cl2N4O4/c28-20-10-6-18(7-11-20)24-32-22(26(34)36-24)16-30-14-4-2-1-3-5-15-31-17-23-27(35)37-25(33-23)19-8-12-21(29)13-9-19/h6-13,16-17,34-35H,1-5,14-15H2. The lowest BCUT2D eigenvalue weighted by atomic mass is 10.1. The van der Waals surface area contributed by atoms with Crippen molar-refractivity contribution < 1.29 is 19.0 Å². The Bertz CT molecular complexity index is 1240. The van der Waals surface area contributed by atoms with E-state index in [2.05, 4.69) is 20.0 Å². The van der Waals surface area contributed by atoms with E-state index in [1.165, 1.54) is 12.4 Å². The Morgan fingerprint density at radius 1 is 0.622 bits per heavy atom. The first kappa shape index (κ1) is 26.4. The molecule has 2 aromatic heterocycles. The van der Waals surface area contributed by atoms with E-state index in [1.54, 1.807) is 48.5 Å². The fraction of sp³-hybridized carbons (Fsp3) is 0.259. The van der Waals surface area contributed by atoms with Gasteiger partial charge in [0.2, 0.25) is 11.8 Å². The molecule has 2 aromatic carbocycles. The third-order valence-corrected chi connectivity index (χ3v) is 5.96. The molecule has 0 amide bonds. The van der Waals surface area contributed by atoms with Gasteiger partial charge in [0.1, 0.15) is 0 Å². The minimum Gasteiger partial charge on any atom is -0.479 e. The summed E-state index contributed by atoms with van der Waals surface area (Å²) < 4.78 is 10.6. The maximum Gasteiger partial charge on any atom is 0.312 e. The lowest BCUT2D eigenvalue weighted by molar-refractivity contribution is 0.336. The van der Waals surface area contributed by atoms with E-state index in [4.69, 9.17) is 32.0 Å². The van der Waals surface area contributed by atoms with E-state index < -0.39 is 0 Å². The van der Waals surface area contributed by atoms with Crippen molar-refractivity contribution in [2.45, 2.75) is 32.1 Å². The molecule has 0 bridgehead atoms. The molecule has 0 spiro atoms. The quantitative estimate of drug-likeness (QED) is 0.145. The van der Waals surface area contributed by atoms with Gasteiger partial charge in [0.15, 0.2) is 11.4 Å². The SMILES string of the molecule is Oc1oc(-c2ccc(Cl)cc2)nc1C=NCCCCCCCN=Cc1nc(-c2ccc(Cl)cc2)oc1O. The molecular weight excluding hydrogens is 515 g/mol. The number of halogens is 2. The topological polar surface area (TPSA) is 117 Å². The van der Waals surface area contributed by atoms with Crippen molar-refractivity contribution in [2.24, 2.45) is 9.98 Å². The summed E-state index contributed by atoms with van der Waals surface area (Å²) >= 11 is 11.8. The third kappa shape index (κ3) is 7.68. The molecule has 2 heterocycles. The van der Waals surface area contributed by atoms with Crippen LogP contribution in [0.3, 0.4) is 0 Å². The Morgan fingerprint density at radius 3 is 1.41 bits per heavy atom. The number of hydrogen-bond donors (Lipinski definition) is 2. The zero-order valence-corrected chi connectivity index (χ0v) is 21.5. The van der Waals surface area contributed by atoms with E-state index >= 15 is 0 Å². The Balaban J connectivity index is 1.11. The molecule has 0 fully saturated rings. The van der Waals surface area contributed by atoms with Crippen molar-refractivity contribution in [2.75, 3.05) is 13.1 Å². The van der Waals surface area contributed by atoms with Crippen LogP contribution in [0.1, 0.15) is 43.5 Å². The molecular formula is C27H26Cl2N4O4. The fourth-order valence-electron chi connectivity index (χ4n) is 3.49. The van der Waals surface area contributed by atoms with Crippen molar-refractivity contribution in [1.82, 2.24) is 9.97 Å². The van der Waals surface area contributed by atoms with E-state index in [-0.39, 0.29) is 11.9 Å². The molecule has 0 atom stereocenters. The van der Waals surface area contributed by atoms with Crippen molar-refractivity contribution in [3.63, 3.8) is 0 Å². The molecule has 0 aliphatic rings. The van der Waals surface area contributed by atoms with Crippen LogP contribution < -0.4 is 0 Å². The van der Waals surface area contributed by atoms with Crippen LogP contribution in [0.25, 0.3) is 22.9 Å². The van der Waals surface area contributed by atoms with Gasteiger partial charge in [-0.15, -0.1) is 0 Å². The lowest BCUT2D eigenvalue weighted by Gasteiger charge is -1.98. The van der Waals surface area contributed by atoms with Gasteiger partial charge < -0.3 is 19.0 Å². The van der Waals surface area contributed by atoms with Gasteiger partial charge >= 0.3 is 11.9 Å². The zero-order valence-electron chi connectivity index (χ0n) is 20.0. The number of nitrogens with zero attached hydrogens (tertiary/aromatic N) is 4. The molecule has 192 valence electrons. The average Bonchev–Trinajstić information content (AvgIpc) is 3.45. The molecule has 4 aromatic rings. The van der Waals surface area contributed by atoms with Crippen LogP contribution in [0, 0.1) is 0 Å². The number of aromatic hydroxyl groups is 2. The number of hydrogen-bond acceptors (Lipinski definition) is 8. The number of aliphatic imine (C=N–C) groups is 2. The van der Waals surface area contributed by atoms with E-state index in [0.29, 0.717) is 46.3 Å². The van der Waals surface area contributed by atoms with Gasteiger partial charge in [0, 0.05) is 34.3 Å². The number of unbranched alkanes of at least 4 members (excludes halogenated alkanes) is 4. The third-order valence-electron chi connectivity index (χ3n) is 5.45. The van der Waals surface area contributed by atoms with Gasteiger partial charge in [-0.25, -0.2) is 9.97 Å². The molecule has 0 aliphatic carbocycles. The van der Waals surface area contributed by atoms with Crippen molar-refractivity contribution in [1.29, 1.82) is 0 Å². The second-order valence-corrected chi connectivity index (χ2v) is 9.14. The maximum atomic E-state index is 9.96. The van der Waals surface area contributed by atoms with Gasteiger partial charge in [0.25, 0.3) is 0 Å². The molecule has 0 unspecified atom stereocenters. The lowest BCUT2D eigenvalue weighted by Crippen LogP contribution is -1.89. The van der Waals surface area contributed by atoms with Crippen LogP contribution in [0.5, 0.6) is 11.9 Å². The smallest absolute Gasteiger partial charge is 0.312 e. The molecule has 10 heteroatoms. The van der Waals surface area contributed by atoms with Gasteiger partial charge in [-0.1, -0.05) is 42.5 Å². The number of aromatic nitrogens is 2. The molecule has 2 N–H and O–H groups in total. The summed E-state index contributed by atoms with van der Waals surface area (Å²) in [5, 5.41) is 21.1. The fourth-order valence-corrected chi connectivity index (χ4v) is 3.74. The maximum absolute atomic E-state index is 9.96. The van der Waals surface area contributed by atoms with Crippen LogP contribution in [-0.4, -0.2) is 45.7 Å². The Kier molecular flexibility index (Phi) is 9.35. The highest BCUT2D eigenvalue weighted by molar-refractivity contribution is 6.30. The summed E-state index contributed by atoms with van der Waals surface area (Å²) in [6, 6.07) is 14.0. The van der Waals surface area contributed by atoms with Crippen molar-refractivity contribution in [3.05, 3.63) is 70.0 Å². The first-order valence-corrected chi connectivity index (χ1v) is 12.7. The van der Waals surface area contributed by atoms with Gasteiger partial charge in [-0.2, -0.15) is 0 Å². The first-order chi connectivity index (χ1) is 18.0. The predicted octanol–water partition coefficient (Wildman–Crippen LogP) is 7.20. The van der Waals surface area contributed by atoms with Crippen LogP contribution in [0.15, 0.2) is 67.4 Å². The summed E-state index contributed by atoms with van der Waals surface area (Å²) in [6.07, 6.45) is 8.07. The molecule has 8 nitrogen and oxygen atoms in total. The Morgan fingerprint density at radius 2 is 1.00 bits per heavy atom. The largest absolute Gasteiger partial charge is 0.479 e. The molecule has 0 saturated heterocycles. The summed E-state index contributed by atoms with van der Waals surface area (Å²) in [6.45, 7) is 1.28. The van der Waals surface area contributed by atoms with Crippen LogP contribution in [0.2, 0.25) is 10.0 Å². The van der Waals surface area contributed by atoms with E-state index in [9.17, 15) is 10.2 Å². The second kappa shape index (κ2) is 13.1. The summed E-state index contributed by atoms with van der Waals surface area (Å²) in [5.41, 5.74) is 2.07. The number of rotatable bonds is 12. The summed E-state index contributed by atoms with van der Waals surface area (Å²) in [5.74, 6) is 0.127. The highest BCUT2D eigenvalue weighted by Gasteiger charge is 2.13. The van der Waals surface area contributed by atoms with Crippen molar-refractivity contribution in [3.8, 4) is 34.8 Å². The van der Waals surface area contributed by atoms with Gasteiger partial charge in [0.05, 0.1) is 12.4 Å². The molecule has 4 rings (SSSR count). The van der Waals surface area contributed by atoms with Gasteiger partial charge in [-0.05, 0) is 61.4 Å². The minimum atomic E-state index is -0.255. The van der Waals surface area contributed by atoms with Gasteiger partial charge in [-0.3, -0.25) is 9.98 Å². The normalized spacial score (nSPS) is 11.7. The zero-order chi connectivity index (χ0) is 26.0. The Hall–Kier alpha value is -3.62. The van der Waals surface area contributed by atoms with E-state index in [1.807, 2.05) is 0 Å². The molecule has 37 heavy (non-hydrogen) atoms. The van der Waals surface area contributed by atoms with E-state index in [0.717, 1.165) is 43.2 Å². The highest BCUT2D eigenvalue weighted by atomic mass is 35.5. The molecule has 0 aliphatic heterocycles. The highest BCUT2D eigenvalue weighted by Crippen LogP contribution is 2.27. The average molecular weight is 541 g/mol. The van der Waals surface area contributed by atoms with Crippen LogP contribution in [0.4, 0.5) is 0 Å². The monoisotopic (exact) mass is 540 g/mol.